The van der Waals surface area contributed by atoms with Crippen LogP contribution in [0.15, 0.2) is 28.1 Å². The maximum Gasteiger partial charge on any atom is 0.278 e. The maximum absolute atomic E-state index is 12.6. The number of carbonyl (C=O) groups excluding carboxylic acids is 2. The van der Waals surface area contributed by atoms with Gasteiger partial charge in [0.1, 0.15) is 5.00 Å². The lowest BCUT2D eigenvalue weighted by Gasteiger charge is -2.18. The first kappa shape index (κ1) is 17.0. The highest BCUT2D eigenvalue weighted by atomic mass is 32.1. The van der Waals surface area contributed by atoms with Crippen LogP contribution >= 0.6 is 22.7 Å². The quantitative estimate of drug-likeness (QED) is 0.708. The number of rotatable bonds is 4. The molecule has 0 saturated heterocycles. The van der Waals surface area contributed by atoms with Crippen molar-refractivity contribution in [2.24, 2.45) is 11.7 Å². The lowest BCUT2D eigenvalue weighted by atomic mass is 9.88. The van der Waals surface area contributed by atoms with Gasteiger partial charge < -0.3 is 15.6 Å². The summed E-state index contributed by atoms with van der Waals surface area (Å²) in [7, 11) is 0. The standard InChI is InChI=1S/C18H17N3O3S2/c1-9-4-5-10-14(7-9)26-18(15(10)16(19)22)20-17(23)11-8-12(24-21-11)13-3-2-6-25-13/h2-3,6,8-9H,4-5,7H2,1H3,(H2,19,22)(H,20,23). The molecule has 3 heterocycles. The Morgan fingerprint density at radius 1 is 1.42 bits per heavy atom. The Labute approximate surface area is 158 Å². The molecule has 0 spiro atoms. The fourth-order valence-corrected chi connectivity index (χ4v) is 5.27. The van der Waals surface area contributed by atoms with E-state index in [9.17, 15) is 9.59 Å². The van der Waals surface area contributed by atoms with Crippen LogP contribution < -0.4 is 11.1 Å². The van der Waals surface area contributed by atoms with Gasteiger partial charge in [0.15, 0.2) is 11.5 Å². The highest BCUT2D eigenvalue weighted by Crippen LogP contribution is 2.39. The minimum absolute atomic E-state index is 0.170. The van der Waals surface area contributed by atoms with Gasteiger partial charge in [0.25, 0.3) is 11.8 Å². The van der Waals surface area contributed by atoms with E-state index >= 15 is 0 Å². The van der Waals surface area contributed by atoms with Crippen molar-refractivity contribution in [3.8, 4) is 10.6 Å². The van der Waals surface area contributed by atoms with E-state index in [1.54, 1.807) is 6.07 Å². The van der Waals surface area contributed by atoms with Gasteiger partial charge in [-0.2, -0.15) is 0 Å². The molecule has 0 radical (unpaired) electrons. The number of amides is 2. The molecule has 1 aliphatic rings. The largest absolute Gasteiger partial charge is 0.365 e. The summed E-state index contributed by atoms with van der Waals surface area (Å²) in [5.41, 5.74) is 7.17. The second-order valence-electron chi connectivity index (χ2n) is 6.43. The van der Waals surface area contributed by atoms with Crippen molar-refractivity contribution in [1.82, 2.24) is 5.16 Å². The van der Waals surface area contributed by atoms with E-state index in [4.69, 9.17) is 10.3 Å². The number of nitrogens with one attached hydrogen (secondary N) is 1. The normalized spacial score (nSPS) is 16.3. The van der Waals surface area contributed by atoms with Gasteiger partial charge in [-0.3, -0.25) is 9.59 Å². The highest BCUT2D eigenvalue weighted by Gasteiger charge is 2.28. The van der Waals surface area contributed by atoms with Crippen molar-refractivity contribution >= 4 is 39.5 Å². The summed E-state index contributed by atoms with van der Waals surface area (Å²) in [6.45, 7) is 2.19. The van der Waals surface area contributed by atoms with Gasteiger partial charge in [0, 0.05) is 10.9 Å². The first-order valence-corrected chi connectivity index (χ1v) is 9.99. The van der Waals surface area contributed by atoms with Crippen LogP contribution in [0.4, 0.5) is 5.00 Å². The summed E-state index contributed by atoms with van der Waals surface area (Å²) in [5, 5.41) is 9.07. The molecule has 26 heavy (non-hydrogen) atoms. The number of carbonyl (C=O) groups is 2. The minimum Gasteiger partial charge on any atom is -0.365 e. The number of hydrogen-bond acceptors (Lipinski definition) is 6. The van der Waals surface area contributed by atoms with E-state index in [1.165, 1.54) is 22.7 Å². The number of primary amides is 1. The molecule has 3 aromatic rings. The Morgan fingerprint density at radius 3 is 3.00 bits per heavy atom. The summed E-state index contributed by atoms with van der Waals surface area (Å²) in [5.74, 6) is 0.186. The number of hydrogen-bond donors (Lipinski definition) is 2. The topological polar surface area (TPSA) is 98.2 Å². The first-order valence-electron chi connectivity index (χ1n) is 8.29. The zero-order chi connectivity index (χ0) is 18.3. The molecule has 3 N–H and O–H groups in total. The lowest BCUT2D eigenvalue weighted by Crippen LogP contribution is -2.19. The molecule has 1 atom stereocenters. The molecule has 8 heteroatoms. The second kappa shape index (κ2) is 6.69. The van der Waals surface area contributed by atoms with Crippen molar-refractivity contribution in [2.75, 3.05) is 5.32 Å². The average Bonchev–Trinajstić information content (AvgIpc) is 3.32. The van der Waals surface area contributed by atoms with Crippen molar-refractivity contribution in [3.63, 3.8) is 0 Å². The van der Waals surface area contributed by atoms with Crippen LogP contribution in [0.5, 0.6) is 0 Å². The minimum atomic E-state index is -0.508. The summed E-state index contributed by atoms with van der Waals surface area (Å²) < 4.78 is 5.25. The lowest BCUT2D eigenvalue weighted by molar-refractivity contribution is 0.1000. The molecule has 3 aromatic heterocycles. The van der Waals surface area contributed by atoms with Crippen LogP contribution in [0.2, 0.25) is 0 Å². The monoisotopic (exact) mass is 387 g/mol. The Bertz CT molecular complexity index is 972. The maximum atomic E-state index is 12.6. The van der Waals surface area contributed by atoms with E-state index in [-0.39, 0.29) is 5.69 Å². The third kappa shape index (κ3) is 3.06. The fraction of sp³-hybridized carbons (Fsp3) is 0.278. The highest BCUT2D eigenvalue weighted by molar-refractivity contribution is 7.17. The van der Waals surface area contributed by atoms with Gasteiger partial charge in [-0.25, -0.2) is 0 Å². The van der Waals surface area contributed by atoms with E-state index < -0.39 is 11.8 Å². The summed E-state index contributed by atoms with van der Waals surface area (Å²) in [4.78, 5) is 26.6. The van der Waals surface area contributed by atoms with Gasteiger partial charge >= 0.3 is 0 Å². The number of aromatic nitrogens is 1. The van der Waals surface area contributed by atoms with Crippen LogP contribution in [0.3, 0.4) is 0 Å². The molecule has 2 amide bonds. The number of nitrogens with two attached hydrogens (primary N) is 1. The Morgan fingerprint density at radius 2 is 2.27 bits per heavy atom. The molecule has 6 nitrogen and oxygen atoms in total. The van der Waals surface area contributed by atoms with Gasteiger partial charge in [-0.1, -0.05) is 18.1 Å². The van der Waals surface area contributed by atoms with Crippen molar-refractivity contribution in [1.29, 1.82) is 0 Å². The molecule has 0 fully saturated rings. The second-order valence-corrected chi connectivity index (χ2v) is 8.48. The van der Waals surface area contributed by atoms with Crippen molar-refractivity contribution in [3.05, 3.63) is 45.3 Å². The molecule has 0 aromatic carbocycles. The molecule has 1 unspecified atom stereocenters. The van der Waals surface area contributed by atoms with E-state index in [1.807, 2.05) is 17.5 Å². The molecular weight excluding hydrogens is 370 g/mol. The zero-order valence-corrected chi connectivity index (χ0v) is 15.7. The Balaban J connectivity index is 1.61. The molecular formula is C18H17N3O3S2. The predicted molar refractivity (Wildman–Crippen MR) is 102 cm³/mol. The Hall–Kier alpha value is -2.45. The zero-order valence-electron chi connectivity index (χ0n) is 14.1. The number of nitrogens with zero attached hydrogens (tertiary/aromatic N) is 1. The van der Waals surface area contributed by atoms with Crippen LogP contribution in [0.25, 0.3) is 10.6 Å². The van der Waals surface area contributed by atoms with Gasteiger partial charge in [0.2, 0.25) is 0 Å². The molecule has 134 valence electrons. The van der Waals surface area contributed by atoms with Crippen LogP contribution in [0.1, 0.15) is 44.6 Å². The smallest absolute Gasteiger partial charge is 0.278 e. The molecule has 1 aliphatic carbocycles. The average molecular weight is 387 g/mol. The van der Waals surface area contributed by atoms with Crippen molar-refractivity contribution in [2.45, 2.75) is 26.2 Å². The summed E-state index contributed by atoms with van der Waals surface area (Å²) >= 11 is 2.94. The van der Waals surface area contributed by atoms with Crippen molar-refractivity contribution < 1.29 is 14.1 Å². The summed E-state index contributed by atoms with van der Waals surface area (Å²) in [6, 6.07) is 5.39. The van der Waals surface area contributed by atoms with Gasteiger partial charge in [0.05, 0.1) is 10.4 Å². The van der Waals surface area contributed by atoms with Crippen LogP contribution in [0, 0.1) is 5.92 Å². The number of thiophene rings is 2. The third-order valence-corrected chi connectivity index (χ3v) is 6.55. The van der Waals surface area contributed by atoms with E-state index in [0.29, 0.717) is 22.2 Å². The molecule has 0 aliphatic heterocycles. The third-order valence-electron chi connectivity index (χ3n) is 4.49. The van der Waals surface area contributed by atoms with Crippen LogP contribution in [-0.4, -0.2) is 17.0 Å². The van der Waals surface area contributed by atoms with E-state index in [2.05, 4.69) is 17.4 Å². The van der Waals surface area contributed by atoms with Gasteiger partial charge in [-0.15, -0.1) is 22.7 Å². The SMILES string of the molecule is CC1CCc2c(sc(NC(=O)c3cc(-c4cccs4)on3)c2C(N)=O)C1. The fourth-order valence-electron chi connectivity index (χ4n) is 3.18. The number of fused-ring (bicyclic) bond motifs is 1. The van der Waals surface area contributed by atoms with Crippen LogP contribution in [-0.2, 0) is 12.8 Å². The molecule has 0 saturated carbocycles. The molecule has 0 bridgehead atoms. The Kier molecular flexibility index (Phi) is 4.37. The predicted octanol–water partition coefficient (Wildman–Crippen LogP) is 3.94. The van der Waals surface area contributed by atoms with E-state index in [0.717, 1.165) is 34.6 Å². The van der Waals surface area contributed by atoms with Gasteiger partial charge in [-0.05, 0) is 42.2 Å². The first-order chi connectivity index (χ1) is 12.5. The number of anilines is 1. The summed E-state index contributed by atoms with van der Waals surface area (Å²) in [6.07, 6.45) is 2.74. The molecule has 4 rings (SSSR count).